The van der Waals surface area contributed by atoms with E-state index in [1.807, 2.05) is 4.90 Å². The van der Waals surface area contributed by atoms with Crippen LogP contribution >= 0.6 is 0 Å². The van der Waals surface area contributed by atoms with Gasteiger partial charge in [0.15, 0.2) is 12.4 Å². The van der Waals surface area contributed by atoms with Crippen molar-refractivity contribution in [2.75, 3.05) is 18.8 Å². The van der Waals surface area contributed by atoms with E-state index in [9.17, 15) is 17.8 Å². The first kappa shape index (κ1) is 14.9. The van der Waals surface area contributed by atoms with E-state index < -0.39 is 10.1 Å². The van der Waals surface area contributed by atoms with Crippen LogP contribution in [-0.2, 0) is 16.7 Å². The number of nitrogens with zero attached hydrogens (tertiary/aromatic N) is 2. The Morgan fingerprint density at radius 3 is 2.70 bits per heavy atom. The monoisotopic (exact) mass is 298 g/mol. The van der Waals surface area contributed by atoms with Gasteiger partial charge in [-0.1, -0.05) is 0 Å². The zero-order valence-corrected chi connectivity index (χ0v) is 12.0. The molecule has 6 nitrogen and oxygen atoms in total. The van der Waals surface area contributed by atoms with Crippen LogP contribution < -0.4 is 4.57 Å². The highest BCUT2D eigenvalue weighted by Crippen LogP contribution is 2.11. The summed E-state index contributed by atoms with van der Waals surface area (Å²) in [6.45, 7) is 1.99. The molecule has 0 N–H and O–H groups in total. The van der Waals surface area contributed by atoms with Gasteiger partial charge in [-0.2, -0.15) is 0 Å². The third-order valence-electron chi connectivity index (χ3n) is 3.31. The van der Waals surface area contributed by atoms with Gasteiger partial charge >= 0.3 is 0 Å². The van der Waals surface area contributed by atoms with E-state index >= 15 is 0 Å². The summed E-state index contributed by atoms with van der Waals surface area (Å²) in [5.41, 5.74) is 0.597. The van der Waals surface area contributed by atoms with E-state index in [0.29, 0.717) is 12.1 Å². The minimum atomic E-state index is -4.17. The number of carbonyl (C=O) groups excluding carboxylic acids is 1. The molecular weight excluding hydrogens is 280 g/mol. The first-order valence-electron chi connectivity index (χ1n) is 6.68. The summed E-state index contributed by atoms with van der Waals surface area (Å²) in [6, 6.07) is 3.51. The highest BCUT2D eigenvalue weighted by molar-refractivity contribution is 7.85. The minimum absolute atomic E-state index is 0.00768. The molecule has 0 atom stereocenters. The summed E-state index contributed by atoms with van der Waals surface area (Å²) in [6.07, 6.45) is 5.80. The topological polar surface area (TPSA) is 81.4 Å². The van der Waals surface area contributed by atoms with Gasteiger partial charge in [0, 0.05) is 31.3 Å². The standard InChI is InChI=1S/C13H18N2O4S/c16-13(15-8-1-2-9-15)12-5-3-6-14(11-12)7-4-10-20(17,18)19/h3,5-6,11H,1-2,4,7-10H2. The molecular formula is C13H18N2O4S. The Morgan fingerprint density at radius 2 is 2.05 bits per heavy atom. The van der Waals surface area contributed by atoms with Crippen molar-refractivity contribution >= 4 is 16.0 Å². The Bertz CT molecular complexity index is 580. The summed E-state index contributed by atoms with van der Waals surface area (Å²) < 4.78 is 33.4. The predicted molar refractivity (Wildman–Crippen MR) is 71.0 cm³/mol. The molecule has 0 saturated carbocycles. The normalized spacial score (nSPS) is 15.6. The van der Waals surface area contributed by atoms with Crippen LogP contribution in [0.25, 0.3) is 0 Å². The zero-order valence-electron chi connectivity index (χ0n) is 11.2. The second-order valence-corrected chi connectivity index (χ2v) is 6.47. The Morgan fingerprint density at radius 1 is 1.35 bits per heavy atom. The minimum Gasteiger partial charge on any atom is -0.748 e. The Kier molecular flexibility index (Phi) is 4.72. The fourth-order valence-corrected chi connectivity index (χ4v) is 2.80. The zero-order chi connectivity index (χ0) is 14.6. The van der Waals surface area contributed by atoms with Crippen molar-refractivity contribution in [1.29, 1.82) is 0 Å². The van der Waals surface area contributed by atoms with Gasteiger partial charge in [0.25, 0.3) is 5.91 Å². The molecule has 1 aliphatic heterocycles. The number of hydrogen-bond donors (Lipinski definition) is 0. The molecule has 1 fully saturated rings. The molecule has 0 radical (unpaired) electrons. The molecule has 0 unspecified atom stereocenters. The second kappa shape index (κ2) is 6.32. The van der Waals surface area contributed by atoms with Crippen molar-refractivity contribution in [3.8, 4) is 0 Å². The Hall–Kier alpha value is -1.47. The van der Waals surface area contributed by atoms with Gasteiger partial charge in [-0.15, -0.1) is 0 Å². The molecule has 1 saturated heterocycles. The van der Waals surface area contributed by atoms with Crippen LogP contribution in [0.3, 0.4) is 0 Å². The van der Waals surface area contributed by atoms with E-state index in [0.717, 1.165) is 25.9 Å². The molecule has 1 aromatic heterocycles. The predicted octanol–water partition coefficient (Wildman–Crippen LogP) is 0.145. The van der Waals surface area contributed by atoms with Crippen molar-refractivity contribution in [1.82, 2.24) is 4.90 Å². The molecule has 2 heterocycles. The number of likely N-dealkylation sites (tertiary alicyclic amines) is 1. The van der Waals surface area contributed by atoms with Crippen LogP contribution in [0.5, 0.6) is 0 Å². The lowest BCUT2D eigenvalue weighted by atomic mass is 10.2. The third kappa shape index (κ3) is 4.28. The van der Waals surface area contributed by atoms with Crippen molar-refractivity contribution in [2.24, 2.45) is 0 Å². The van der Waals surface area contributed by atoms with Crippen molar-refractivity contribution in [2.45, 2.75) is 25.8 Å². The van der Waals surface area contributed by atoms with Gasteiger partial charge in [-0.25, -0.2) is 13.0 Å². The quantitative estimate of drug-likeness (QED) is 0.572. The SMILES string of the molecule is O=C(c1ccc[n+](CCCS(=O)(=O)[O-])c1)N1CCCC1. The third-order valence-corrected chi connectivity index (χ3v) is 4.10. The number of hydrogen-bond acceptors (Lipinski definition) is 4. The largest absolute Gasteiger partial charge is 0.748 e. The maximum absolute atomic E-state index is 12.2. The number of rotatable bonds is 5. The molecule has 2 rings (SSSR count). The molecule has 1 aliphatic rings. The summed E-state index contributed by atoms with van der Waals surface area (Å²) in [5.74, 6) is -0.377. The molecule has 0 bridgehead atoms. The van der Waals surface area contributed by atoms with Crippen molar-refractivity contribution in [3.05, 3.63) is 30.1 Å². The first-order valence-corrected chi connectivity index (χ1v) is 8.25. The highest BCUT2D eigenvalue weighted by Gasteiger charge is 2.21. The molecule has 110 valence electrons. The highest BCUT2D eigenvalue weighted by atomic mass is 32.2. The maximum Gasteiger partial charge on any atom is 0.259 e. The number of pyridine rings is 1. The number of amides is 1. The fourth-order valence-electron chi connectivity index (χ4n) is 2.31. The van der Waals surface area contributed by atoms with E-state index in [-0.39, 0.29) is 18.1 Å². The Labute approximate surface area is 118 Å². The first-order chi connectivity index (χ1) is 9.46. The molecule has 20 heavy (non-hydrogen) atoms. The number of carbonyl (C=O) groups is 1. The average molecular weight is 298 g/mol. The van der Waals surface area contributed by atoms with Gasteiger partial charge in [0.05, 0.1) is 10.1 Å². The molecule has 0 spiro atoms. The summed E-state index contributed by atoms with van der Waals surface area (Å²) in [5, 5.41) is 0. The maximum atomic E-state index is 12.2. The molecule has 1 aromatic rings. The van der Waals surface area contributed by atoms with Crippen LogP contribution in [0.4, 0.5) is 0 Å². The van der Waals surface area contributed by atoms with E-state index in [1.54, 1.807) is 29.1 Å². The second-order valence-electron chi connectivity index (χ2n) is 4.95. The summed E-state index contributed by atoms with van der Waals surface area (Å²) in [4.78, 5) is 14.0. The van der Waals surface area contributed by atoms with Crippen LogP contribution in [0.15, 0.2) is 24.5 Å². The summed E-state index contributed by atoms with van der Waals surface area (Å²) >= 11 is 0. The molecule has 7 heteroatoms. The van der Waals surface area contributed by atoms with Gasteiger partial charge in [-0.3, -0.25) is 4.79 Å². The van der Waals surface area contributed by atoms with Crippen LogP contribution in [-0.4, -0.2) is 42.6 Å². The van der Waals surface area contributed by atoms with Gasteiger partial charge < -0.3 is 9.45 Å². The van der Waals surface area contributed by atoms with Gasteiger partial charge in [0.1, 0.15) is 12.1 Å². The lowest BCUT2D eigenvalue weighted by Gasteiger charge is -2.14. The number of aromatic nitrogens is 1. The molecule has 0 aliphatic carbocycles. The Balaban J connectivity index is 1.98. The van der Waals surface area contributed by atoms with E-state index in [4.69, 9.17) is 0 Å². The van der Waals surface area contributed by atoms with E-state index in [1.165, 1.54) is 0 Å². The van der Waals surface area contributed by atoms with Crippen molar-refractivity contribution in [3.63, 3.8) is 0 Å². The van der Waals surface area contributed by atoms with Crippen LogP contribution in [0.1, 0.15) is 29.6 Å². The fraction of sp³-hybridized carbons (Fsp3) is 0.538. The number of aryl methyl sites for hydroxylation is 1. The van der Waals surface area contributed by atoms with Crippen molar-refractivity contribution < 1.29 is 22.3 Å². The van der Waals surface area contributed by atoms with Gasteiger partial charge in [-0.05, 0) is 18.9 Å². The van der Waals surface area contributed by atoms with E-state index in [2.05, 4.69) is 0 Å². The van der Waals surface area contributed by atoms with Gasteiger partial charge in [0.2, 0.25) is 0 Å². The lowest BCUT2D eigenvalue weighted by molar-refractivity contribution is -0.697. The summed E-state index contributed by atoms with van der Waals surface area (Å²) in [7, 11) is -4.17. The molecule has 0 aromatic carbocycles. The average Bonchev–Trinajstić information content (AvgIpc) is 2.90. The van der Waals surface area contributed by atoms with Crippen LogP contribution in [0, 0.1) is 0 Å². The lowest BCUT2D eigenvalue weighted by Crippen LogP contribution is -2.36. The smallest absolute Gasteiger partial charge is 0.259 e. The molecule has 1 amide bonds. The van der Waals surface area contributed by atoms with Crippen LogP contribution in [0.2, 0.25) is 0 Å².